The lowest BCUT2D eigenvalue weighted by Gasteiger charge is -1.95. The fourth-order valence-electron chi connectivity index (χ4n) is 1.34. The molecule has 4 heteroatoms. The highest BCUT2D eigenvalue weighted by Crippen LogP contribution is 2.18. The molecule has 0 fully saturated rings. The van der Waals surface area contributed by atoms with E-state index in [1.165, 1.54) is 0 Å². The van der Waals surface area contributed by atoms with Crippen LogP contribution in [0.1, 0.15) is 24.4 Å². The molecule has 1 aromatic heterocycles. The van der Waals surface area contributed by atoms with Gasteiger partial charge in [-0.25, -0.2) is 4.98 Å². The maximum atomic E-state index is 9.31. The van der Waals surface area contributed by atoms with Gasteiger partial charge in [-0.3, -0.25) is 0 Å². The van der Waals surface area contributed by atoms with Gasteiger partial charge in [-0.15, -0.1) is 0 Å². The summed E-state index contributed by atoms with van der Waals surface area (Å²) < 4.78 is 0. The summed E-state index contributed by atoms with van der Waals surface area (Å²) in [6, 6.07) is 7.37. The second-order valence-corrected chi connectivity index (χ2v) is 3.11. The Bertz CT molecular complexity index is 508. The zero-order valence-electron chi connectivity index (χ0n) is 7.65. The van der Waals surface area contributed by atoms with Crippen molar-refractivity contribution in [2.24, 2.45) is 0 Å². The molecule has 14 heavy (non-hydrogen) atoms. The number of imidazole rings is 1. The molecule has 4 nitrogen and oxygen atoms in total. The second-order valence-electron chi connectivity index (χ2n) is 3.11. The molecule has 2 rings (SSSR count). The van der Waals surface area contributed by atoms with Crippen LogP contribution in [-0.2, 0) is 0 Å². The Morgan fingerprint density at radius 1 is 1.57 bits per heavy atom. The van der Waals surface area contributed by atoms with Crippen molar-refractivity contribution in [1.82, 2.24) is 9.97 Å². The average Bonchev–Trinajstić information content (AvgIpc) is 2.60. The number of rotatable bonds is 1. The number of nitrogens with one attached hydrogen (secondary N) is 1. The summed E-state index contributed by atoms with van der Waals surface area (Å²) in [5, 5.41) is 18.1. The van der Waals surface area contributed by atoms with Gasteiger partial charge < -0.3 is 10.1 Å². The fraction of sp³-hybridized carbons (Fsp3) is 0.200. The van der Waals surface area contributed by atoms with Crippen molar-refractivity contribution in [3.05, 3.63) is 29.6 Å². The molecule has 0 spiro atoms. The molecule has 0 saturated heterocycles. The standard InChI is InChI=1S/C10H9N3O/c1-6(14)10-12-8-4-2-3-7(5-11)9(8)13-10/h2-4,6,14H,1H3,(H,12,13)/t6-/m0/s1. The van der Waals surface area contributed by atoms with E-state index in [1.54, 1.807) is 19.1 Å². The molecule has 1 aromatic carbocycles. The molecule has 2 N–H and O–H groups in total. The normalized spacial score (nSPS) is 12.6. The first-order valence-corrected chi connectivity index (χ1v) is 4.29. The third-order valence-corrected chi connectivity index (χ3v) is 2.05. The van der Waals surface area contributed by atoms with E-state index in [9.17, 15) is 5.11 Å². The van der Waals surface area contributed by atoms with Crippen LogP contribution in [-0.4, -0.2) is 15.1 Å². The van der Waals surface area contributed by atoms with Crippen LogP contribution >= 0.6 is 0 Å². The summed E-state index contributed by atoms with van der Waals surface area (Å²) in [6.07, 6.45) is -0.644. The van der Waals surface area contributed by atoms with Crippen molar-refractivity contribution in [1.29, 1.82) is 5.26 Å². The van der Waals surface area contributed by atoms with Crippen LogP contribution in [0.4, 0.5) is 0 Å². The maximum absolute atomic E-state index is 9.31. The van der Waals surface area contributed by atoms with E-state index in [1.807, 2.05) is 6.07 Å². The lowest BCUT2D eigenvalue weighted by Crippen LogP contribution is -1.92. The van der Waals surface area contributed by atoms with Crippen molar-refractivity contribution >= 4 is 11.0 Å². The molecule has 70 valence electrons. The topological polar surface area (TPSA) is 72.7 Å². The number of aliphatic hydroxyl groups excluding tert-OH is 1. The SMILES string of the molecule is C[C@H](O)c1nc2c(C#N)cccc2[nH]1. The van der Waals surface area contributed by atoms with Crippen LogP contribution in [0.15, 0.2) is 18.2 Å². The smallest absolute Gasteiger partial charge is 0.135 e. The van der Waals surface area contributed by atoms with Gasteiger partial charge in [0.2, 0.25) is 0 Å². The van der Waals surface area contributed by atoms with E-state index in [-0.39, 0.29) is 0 Å². The van der Waals surface area contributed by atoms with E-state index < -0.39 is 6.10 Å². The quantitative estimate of drug-likeness (QED) is 0.710. The molecule has 0 aliphatic rings. The molecule has 0 bridgehead atoms. The number of H-pyrrole nitrogens is 1. The third-order valence-electron chi connectivity index (χ3n) is 2.05. The van der Waals surface area contributed by atoms with E-state index in [0.717, 1.165) is 5.52 Å². The van der Waals surface area contributed by atoms with Crippen molar-refractivity contribution < 1.29 is 5.11 Å². The van der Waals surface area contributed by atoms with Gasteiger partial charge in [-0.1, -0.05) is 6.07 Å². The van der Waals surface area contributed by atoms with Crippen molar-refractivity contribution in [3.8, 4) is 6.07 Å². The van der Waals surface area contributed by atoms with Gasteiger partial charge in [-0.05, 0) is 19.1 Å². The van der Waals surface area contributed by atoms with E-state index in [4.69, 9.17) is 5.26 Å². The Balaban J connectivity index is 2.72. The number of nitriles is 1. The van der Waals surface area contributed by atoms with Gasteiger partial charge in [-0.2, -0.15) is 5.26 Å². The molecule has 0 unspecified atom stereocenters. The Morgan fingerprint density at radius 3 is 3.00 bits per heavy atom. The molecule has 1 atom stereocenters. The molecule has 1 heterocycles. The first-order valence-electron chi connectivity index (χ1n) is 4.29. The van der Waals surface area contributed by atoms with Crippen LogP contribution in [0.25, 0.3) is 11.0 Å². The van der Waals surface area contributed by atoms with Gasteiger partial charge in [0, 0.05) is 0 Å². The van der Waals surface area contributed by atoms with Crippen molar-refractivity contribution in [2.45, 2.75) is 13.0 Å². The summed E-state index contributed by atoms with van der Waals surface area (Å²) in [5.74, 6) is 0.489. The van der Waals surface area contributed by atoms with Gasteiger partial charge in [0.15, 0.2) is 0 Å². The number of hydrogen-bond acceptors (Lipinski definition) is 3. The van der Waals surface area contributed by atoms with E-state index in [0.29, 0.717) is 16.9 Å². The van der Waals surface area contributed by atoms with Gasteiger partial charge in [0.05, 0.1) is 11.1 Å². The van der Waals surface area contributed by atoms with Crippen LogP contribution < -0.4 is 0 Å². The number of nitrogens with zero attached hydrogens (tertiary/aromatic N) is 2. The Labute approximate surface area is 80.8 Å². The van der Waals surface area contributed by atoms with Gasteiger partial charge >= 0.3 is 0 Å². The predicted molar refractivity (Wildman–Crippen MR) is 51.4 cm³/mol. The molecule has 0 radical (unpaired) electrons. The summed E-state index contributed by atoms with van der Waals surface area (Å²) in [6.45, 7) is 1.63. The Morgan fingerprint density at radius 2 is 2.36 bits per heavy atom. The molecule has 0 aliphatic carbocycles. The summed E-state index contributed by atoms with van der Waals surface area (Å²) >= 11 is 0. The highest BCUT2D eigenvalue weighted by Gasteiger charge is 2.09. The van der Waals surface area contributed by atoms with Crippen LogP contribution in [0.2, 0.25) is 0 Å². The number of fused-ring (bicyclic) bond motifs is 1. The fourth-order valence-corrected chi connectivity index (χ4v) is 1.34. The van der Waals surface area contributed by atoms with Gasteiger partial charge in [0.1, 0.15) is 23.5 Å². The highest BCUT2D eigenvalue weighted by molar-refractivity contribution is 5.81. The number of hydrogen-bond donors (Lipinski definition) is 2. The zero-order valence-corrected chi connectivity index (χ0v) is 7.65. The first kappa shape index (κ1) is 8.73. The predicted octanol–water partition coefficient (Wildman–Crippen LogP) is 1.49. The van der Waals surface area contributed by atoms with Crippen LogP contribution in [0.3, 0.4) is 0 Å². The number of benzene rings is 1. The average molecular weight is 187 g/mol. The summed E-state index contributed by atoms with van der Waals surface area (Å²) in [4.78, 5) is 7.11. The maximum Gasteiger partial charge on any atom is 0.135 e. The highest BCUT2D eigenvalue weighted by atomic mass is 16.3. The third kappa shape index (κ3) is 1.24. The molecular formula is C10H9N3O. The minimum atomic E-state index is -0.644. The summed E-state index contributed by atoms with van der Waals surface area (Å²) in [5.41, 5.74) is 1.91. The largest absolute Gasteiger partial charge is 0.385 e. The van der Waals surface area contributed by atoms with E-state index in [2.05, 4.69) is 16.0 Å². The molecule has 0 saturated carbocycles. The number of aromatic nitrogens is 2. The van der Waals surface area contributed by atoms with Crippen molar-refractivity contribution in [3.63, 3.8) is 0 Å². The zero-order chi connectivity index (χ0) is 10.1. The molecule has 0 amide bonds. The monoisotopic (exact) mass is 187 g/mol. The van der Waals surface area contributed by atoms with Crippen LogP contribution in [0.5, 0.6) is 0 Å². The molecule has 0 aliphatic heterocycles. The second kappa shape index (κ2) is 3.13. The number of para-hydroxylation sites is 1. The first-order chi connectivity index (χ1) is 6.72. The Hall–Kier alpha value is -1.86. The number of aliphatic hydroxyl groups is 1. The number of aromatic amines is 1. The van der Waals surface area contributed by atoms with Gasteiger partial charge in [0.25, 0.3) is 0 Å². The lowest BCUT2D eigenvalue weighted by molar-refractivity contribution is 0.190. The summed E-state index contributed by atoms with van der Waals surface area (Å²) in [7, 11) is 0. The van der Waals surface area contributed by atoms with Crippen molar-refractivity contribution in [2.75, 3.05) is 0 Å². The van der Waals surface area contributed by atoms with E-state index >= 15 is 0 Å². The molecular weight excluding hydrogens is 178 g/mol. The minimum Gasteiger partial charge on any atom is -0.385 e. The molecule has 2 aromatic rings. The lowest BCUT2D eigenvalue weighted by atomic mass is 10.2. The Kier molecular flexibility index (Phi) is 1.95. The minimum absolute atomic E-state index is 0.489. The van der Waals surface area contributed by atoms with Crippen LogP contribution in [0, 0.1) is 11.3 Å².